The number of rotatable bonds is 4. The molecule has 2 atom stereocenters. The Morgan fingerprint density at radius 1 is 1.17 bits per heavy atom. The predicted molar refractivity (Wildman–Crippen MR) is 114 cm³/mol. The number of hydrogen-bond donors (Lipinski definition) is 1. The van der Waals surface area contributed by atoms with E-state index in [1.54, 1.807) is 51.8 Å². The highest BCUT2D eigenvalue weighted by Gasteiger charge is 2.43. The Morgan fingerprint density at radius 2 is 1.93 bits per heavy atom. The molecule has 0 unspecified atom stereocenters. The molecular formula is C22H29N3O4S. The van der Waals surface area contributed by atoms with Crippen molar-refractivity contribution in [3.63, 3.8) is 0 Å². The van der Waals surface area contributed by atoms with Crippen LogP contribution in [0.15, 0.2) is 47.5 Å². The van der Waals surface area contributed by atoms with E-state index in [0.717, 1.165) is 6.42 Å². The first-order valence-electron chi connectivity index (χ1n) is 10.6. The maximum Gasteiger partial charge on any atom is 0.270 e. The largest absolute Gasteiger partial charge is 0.487 e. The number of carbonyl (C=O) groups excluding carboxylic acids is 1. The number of fused-ring (bicyclic) bond motifs is 2. The zero-order valence-corrected chi connectivity index (χ0v) is 18.3. The molecule has 7 nitrogen and oxygen atoms in total. The molecule has 1 saturated heterocycles. The highest BCUT2D eigenvalue weighted by molar-refractivity contribution is 7.89. The number of amides is 1. The van der Waals surface area contributed by atoms with Crippen LogP contribution in [-0.4, -0.2) is 60.3 Å². The van der Waals surface area contributed by atoms with Crippen LogP contribution >= 0.6 is 0 Å². The van der Waals surface area contributed by atoms with Gasteiger partial charge in [0.25, 0.3) is 5.91 Å². The number of carbonyl (C=O) groups is 1. The fraction of sp³-hybridized carbons (Fsp3) is 0.500. The summed E-state index contributed by atoms with van der Waals surface area (Å²) < 4.78 is 35.0. The van der Waals surface area contributed by atoms with E-state index in [0.29, 0.717) is 49.8 Å². The van der Waals surface area contributed by atoms with E-state index in [-0.39, 0.29) is 22.9 Å². The van der Waals surface area contributed by atoms with E-state index in [4.69, 9.17) is 4.74 Å². The van der Waals surface area contributed by atoms with Gasteiger partial charge in [-0.3, -0.25) is 4.79 Å². The molecule has 3 heterocycles. The number of para-hydroxylation sites is 1. The van der Waals surface area contributed by atoms with E-state index >= 15 is 0 Å². The third-order valence-corrected chi connectivity index (χ3v) is 7.90. The first-order valence-corrected chi connectivity index (χ1v) is 12.0. The second kappa shape index (κ2) is 8.43. The standard InChI is InChI=1S/C22H29N3O4S/c1-16(2)9-15-25-18-10-13-24(22(26)17-6-5-12-23-17)14-11-19(18)29-20-7-3-4-8-21(20)30(25,27)28/h3-8,12,16,18-19,23H,9-11,13-15H2,1-2H3/t18-,19+/m1/s1. The third kappa shape index (κ3) is 3.98. The van der Waals surface area contributed by atoms with E-state index in [1.165, 1.54) is 0 Å². The van der Waals surface area contributed by atoms with Crippen LogP contribution in [0.1, 0.15) is 43.6 Å². The maximum atomic E-state index is 13.6. The molecule has 162 valence electrons. The minimum Gasteiger partial charge on any atom is -0.487 e. The number of aromatic amines is 1. The van der Waals surface area contributed by atoms with Crippen LogP contribution in [0.4, 0.5) is 0 Å². The third-order valence-electron chi connectivity index (χ3n) is 5.93. The van der Waals surface area contributed by atoms with Crippen molar-refractivity contribution in [2.45, 2.75) is 50.2 Å². The summed E-state index contributed by atoms with van der Waals surface area (Å²) in [4.78, 5) is 17.8. The van der Waals surface area contributed by atoms with Gasteiger partial charge in [-0.15, -0.1) is 0 Å². The van der Waals surface area contributed by atoms with Crippen LogP contribution in [0, 0.1) is 5.92 Å². The Hall–Kier alpha value is -2.32. The molecule has 8 heteroatoms. The molecule has 1 aromatic heterocycles. The Kier molecular flexibility index (Phi) is 5.88. The Morgan fingerprint density at radius 3 is 2.67 bits per heavy atom. The van der Waals surface area contributed by atoms with Crippen LogP contribution < -0.4 is 4.74 Å². The first kappa shape index (κ1) is 20.9. The average Bonchev–Trinajstić information content (AvgIpc) is 3.15. The smallest absolute Gasteiger partial charge is 0.270 e. The molecule has 30 heavy (non-hydrogen) atoms. The van der Waals surface area contributed by atoms with Crippen LogP contribution in [0.25, 0.3) is 0 Å². The summed E-state index contributed by atoms with van der Waals surface area (Å²) in [7, 11) is -3.68. The molecule has 0 radical (unpaired) electrons. The molecule has 2 aromatic rings. The summed E-state index contributed by atoms with van der Waals surface area (Å²) in [6.45, 7) is 5.65. The molecule has 1 fully saturated rings. The molecule has 0 bridgehead atoms. The number of sulfonamides is 1. The number of aromatic nitrogens is 1. The number of ether oxygens (including phenoxy) is 1. The summed E-state index contributed by atoms with van der Waals surface area (Å²) in [5, 5.41) is 0. The molecule has 0 aliphatic carbocycles. The number of H-pyrrole nitrogens is 1. The van der Waals surface area contributed by atoms with Gasteiger partial charge in [0.15, 0.2) is 0 Å². The van der Waals surface area contributed by atoms with Gasteiger partial charge in [-0.2, -0.15) is 4.31 Å². The van der Waals surface area contributed by atoms with Crippen molar-refractivity contribution in [1.82, 2.24) is 14.2 Å². The van der Waals surface area contributed by atoms with Crippen molar-refractivity contribution in [2.75, 3.05) is 19.6 Å². The summed E-state index contributed by atoms with van der Waals surface area (Å²) in [5.74, 6) is 0.729. The summed E-state index contributed by atoms with van der Waals surface area (Å²) in [6.07, 6.45) is 3.34. The highest BCUT2D eigenvalue weighted by atomic mass is 32.2. The molecule has 2 aliphatic rings. The van der Waals surface area contributed by atoms with Crippen molar-refractivity contribution >= 4 is 15.9 Å². The van der Waals surface area contributed by atoms with Crippen molar-refractivity contribution < 1.29 is 17.9 Å². The monoisotopic (exact) mass is 431 g/mol. The fourth-order valence-corrected chi connectivity index (χ4v) is 6.08. The van der Waals surface area contributed by atoms with Gasteiger partial charge in [0.1, 0.15) is 22.4 Å². The highest BCUT2D eigenvalue weighted by Crippen LogP contribution is 2.36. The van der Waals surface area contributed by atoms with Crippen molar-refractivity contribution in [1.29, 1.82) is 0 Å². The molecule has 0 saturated carbocycles. The van der Waals surface area contributed by atoms with E-state index in [9.17, 15) is 13.2 Å². The van der Waals surface area contributed by atoms with Gasteiger partial charge >= 0.3 is 0 Å². The Balaban J connectivity index is 1.66. The van der Waals surface area contributed by atoms with E-state index in [1.807, 2.05) is 0 Å². The minimum absolute atomic E-state index is 0.0616. The number of likely N-dealkylation sites (tertiary alicyclic amines) is 1. The van der Waals surface area contributed by atoms with Crippen LogP contribution in [0.5, 0.6) is 5.75 Å². The van der Waals surface area contributed by atoms with Crippen LogP contribution in [0.3, 0.4) is 0 Å². The van der Waals surface area contributed by atoms with Gasteiger partial charge in [0.05, 0.1) is 6.04 Å². The molecule has 1 aromatic carbocycles. The fourth-order valence-electron chi connectivity index (χ4n) is 4.26. The lowest BCUT2D eigenvalue weighted by atomic mass is 10.0. The normalized spacial score (nSPS) is 23.8. The maximum absolute atomic E-state index is 13.6. The lowest BCUT2D eigenvalue weighted by molar-refractivity contribution is 0.0750. The molecule has 1 amide bonds. The van der Waals surface area contributed by atoms with Crippen molar-refractivity contribution in [2.24, 2.45) is 5.92 Å². The number of hydrogen-bond acceptors (Lipinski definition) is 4. The number of benzene rings is 1. The van der Waals surface area contributed by atoms with Crippen LogP contribution in [0.2, 0.25) is 0 Å². The summed E-state index contributed by atoms with van der Waals surface area (Å²) >= 11 is 0. The number of nitrogens with one attached hydrogen (secondary N) is 1. The topological polar surface area (TPSA) is 82.7 Å². The molecule has 0 spiro atoms. The van der Waals surface area contributed by atoms with Gasteiger partial charge in [-0.1, -0.05) is 26.0 Å². The average molecular weight is 432 g/mol. The van der Waals surface area contributed by atoms with E-state index in [2.05, 4.69) is 18.8 Å². The second-order valence-corrected chi connectivity index (χ2v) is 10.3. The zero-order chi connectivity index (χ0) is 21.3. The lowest BCUT2D eigenvalue weighted by Gasteiger charge is -2.32. The molecule has 4 rings (SSSR count). The number of nitrogens with zero attached hydrogens (tertiary/aromatic N) is 2. The molecular weight excluding hydrogens is 402 g/mol. The SMILES string of the molecule is CC(C)CCN1[C@@H]2CCN(C(=O)c3ccc[nH]3)CC[C@@H]2Oc2ccccc2S1(=O)=O. The molecule has 2 aliphatic heterocycles. The predicted octanol–water partition coefficient (Wildman–Crippen LogP) is 3.12. The Labute approximate surface area is 178 Å². The zero-order valence-electron chi connectivity index (χ0n) is 17.5. The van der Waals surface area contributed by atoms with Crippen molar-refractivity contribution in [3.8, 4) is 5.75 Å². The Bertz CT molecular complexity index is 988. The lowest BCUT2D eigenvalue weighted by Crippen LogP contribution is -2.47. The van der Waals surface area contributed by atoms with Gasteiger partial charge in [-0.05, 0) is 43.0 Å². The quantitative estimate of drug-likeness (QED) is 0.806. The molecule has 1 N–H and O–H groups in total. The van der Waals surface area contributed by atoms with Gasteiger partial charge < -0.3 is 14.6 Å². The van der Waals surface area contributed by atoms with Gasteiger partial charge in [0, 0.05) is 32.3 Å². The summed E-state index contributed by atoms with van der Waals surface area (Å²) in [6, 6.07) is 10.1. The van der Waals surface area contributed by atoms with Gasteiger partial charge in [0.2, 0.25) is 10.0 Å². The van der Waals surface area contributed by atoms with Crippen molar-refractivity contribution in [3.05, 3.63) is 48.3 Å². The van der Waals surface area contributed by atoms with Crippen LogP contribution in [-0.2, 0) is 10.0 Å². The minimum atomic E-state index is -3.68. The first-order chi connectivity index (χ1) is 14.4. The van der Waals surface area contributed by atoms with Gasteiger partial charge in [-0.25, -0.2) is 8.42 Å². The summed E-state index contributed by atoms with van der Waals surface area (Å²) in [5.41, 5.74) is 0.549. The van der Waals surface area contributed by atoms with E-state index < -0.39 is 10.0 Å². The second-order valence-electron chi connectivity index (χ2n) is 8.42.